The van der Waals surface area contributed by atoms with Crippen LogP contribution < -0.4 is 9.64 Å². The molecular weight excluding hydrogens is 336 g/mol. The van der Waals surface area contributed by atoms with Gasteiger partial charge in [-0.3, -0.25) is 14.7 Å². The first-order valence-electron chi connectivity index (χ1n) is 9.00. The molecule has 0 aliphatic carbocycles. The molecule has 0 saturated heterocycles. The van der Waals surface area contributed by atoms with Crippen LogP contribution in [-0.4, -0.2) is 18.7 Å². The average Bonchev–Trinajstić information content (AvgIpc) is 2.88. The lowest BCUT2D eigenvalue weighted by atomic mass is 9.97. The van der Waals surface area contributed by atoms with E-state index >= 15 is 0 Å². The molecule has 27 heavy (non-hydrogen) atoms. The minimum atomic E-state index is -0.0534. The van der Waals surface area contributed by atoms with Gasteiger partial charge in [-0.05, 0) is 41.5 Å². The van der Waals surface area contributed by atoms with Gasteiger partial charge in [0.05, 0.1) is 30.2 Å². The second kappa shape index (κ2) is 6.09. The number of anilines is 1. The Hall–Kier alpha value is -3.40. The van der Waals surface area contributed by atoms with E-state index in [4.69, 9.17) is 9.73 Å². The van der Waals surface area contributed by atoms with Crippen LogP contribution in [0.15, 0.2) is 77.8 Å². The van der Waals surface area contributed by atoms with E-state index in [2.05, 4.69) is 6.07 Å². The summed E-state index contributed by atoms with van der Waals surface area (Å²) in [6.07, 6.45) is 0.657. The van der Waals surface area contributed by atoms with Gasteiger partial charge in [0.1, 0.15) is 5.75 Å². The summed E-state index contributed by atoms with van der Waals surface area (Å²) in [5.41, 5.74) is 5.50. The molecule has 2 heterocycles. The van der Waals surface area contributed by atoms with Crippen molar-refractivity contribution >= 4 is 23.0 Å². The van der Waals surface area contributed by atoms with Gasteiger partial charge in [-0.25, -0.2) is 0 Å². The van der Waals surface area contributed by atoms with Gasteiger partial charge in [0.2, 0.25) is 0 Å². The maximum Gasteiger partial charge on any atom is 0.259 e. The van der Waals surface area contributed by atoms with Crippen LogP contribution in [-0.2, 0) is 0 Å². The van der Waals surface area contributed by atoms with Gasteiger partial charge in [-0.15, -0.1) is 0 Å². The highest BCUT2D eigenvalue weighted by Crippen LogP contribution is 2.46. The van der Waals surface area contributed by atoms with Crippen LogP contribution >= 0.6 is 0 Å². The molecule has 2 aliphatic heterocycles. The van der Waals surface area contributed by atoms with E-state index in [-0.39, 0.29) is 11.9 Å². The molecule has 0 radical (unpaired) electrons. The lowest BCUT2D eigenvalue weighted by Crippen LogP contribution is -2.28. The predicted octanol–water partition coefficient (Wildman–Crippen LogP) is 4.92. The molecule has 2 aliphatic rings. The number of ether oxygens (including phenoxy) is 1. The molecule has 1 atom stereocenters. The molecule has 1 amide bonds. The van der Waals surface area contributed by atoms with Crippen LogP contribution in [0, 0.1) is 0 Å². The monoisotopic (exact) mass is 354 g/mol. The highest BCUT2D eigenvalue weighted by molar-refractivity contribution is 6.15. The van der Waals surface area contributed by atoms with Crippen molar-refractivity contribution in [2.24, 2.45) is 4.99 Å². The van der Waals surface area contributed by atoms with Crippen LogP contribution in [0.4, 0.5) is 11.4 Å². The summed E-state index contributed by atoms with van der Waals surface area (Å²) in [7, 11) is 1.66. The van der Waals surface area contributed by atoms with E-state index in [1.54, 1.807) is 7.11 Å². The standard InChI is InChI=1S/C23H18N2O2/c1-27-16-8-6-7-15(13-16)20-14-22-17-9-2-3-10-18(17)23(26)25(22)21-12-5-4-11-19(21)24-20/h2-13,22H,14H2,1H3. The summed E-state index contributed by atoms with van der Waals surface area (Å²) in [4.78, 5) is 20.0. The zero-order valence-electron chi connectivity index (χ0n) is 14.9. The Morgan fingerprint density at radius 3 is 2.70 bits per heavy atom. The van der Waals surface area contributed by atoms with E-state index in [1.807, 2.05) is 71.6 Å². The Balaban J connectivity index is 1.70. The van der Waals surface area contributed by atoms with Crippen LogP contribution in [0.5, 0.6) is 5.75 Å². The summed E-state index contributed by atoms with van der Waals surface area (Å²) < 4.78 is 5.39. The summed E-state index contributed by atoms with van der Waals surface area (Å²) >= 11 is 0. The van der Waals surface area contributed by atoms with E-state index in [1.165, 1.54) is 0 Å². The Morgan fingerprint density at radius 2 is 1.81 bits per heavy atom. The van der Waals surface area contributed by atoms with Gasteiger partial charge < -0.3 is 4.74 Å². The molecule has 4 nitrogen and oxygen atoms in total. The molecule has 4 heteroatoms. The highest BCUT2D eigenvalue weighted by atomic mass is 16.5. The van der Waals surface area contributed by atoms with Gasteiger partial charge in [-0.2, -0.15) is 0 Å². The third kappa shape index (κ3) is 2.45. The number of carbonyl (C=O) groups excluding carboxylic acids is 1. The lowest BCUT2D eigenvalue weighted by Gasteiger charge is -2.24. The van der Waals surface area contributed by atoms with Crippen molar-refractivity contribution in [2.75, 3.05) is 12.0 Å². The minimum Gasteiger partial charge on any atom is -0.497 e. The van der Waals surface area contributed by atoms with E-state index < -0.39 is 0 Å². The van der Waals surface area contributed by atoms with E-state index in [9.17, 15) is 4.79 Å². The number of para-hydroxylation sites is 2. The predicted molar refractivity (Wildman–Crippen MR) is 106 cm³/mol. The fraction of sp³-hybridized carbons (Fsp3) is 0.130. The largest absolute Gasteiger partial charge is 0.497 e. The maximum absolute atomic E-state index is 13.1. The molecular formula is C23H18N2O2. The summed E-state index contributed by atoms with van der Waals surface area (Å²) in [5, 5.41) is 0. The minimum absolute atomic E-state index is 0.0464. The number of nitrogens with zero attached hydrogens (tertiary/aromatic N) is 2. The first-order chi connectivity index (χ1) is 13.3. The normalized spacial score (nSPS) is 17.5. The first-order valence-corrected chi connectivity index (χ1v) is 9.00. The van der Waals surface area contributed by atoms with Crippen molar-refractivity contribution in [3.63, 3.8) is 0 Å². The van der Waals surface area contributed by atoms with Crippen molar-refractivity contribution < 1.29 is 9.53 Å². The molecule has 3 aromatic rings. The van der Waals surface area contributed by atoms with Gasteiger partial charge in [-0.1, -0.05) is 42.5 Å². The van der Waals surface area contributed by atoms with Gasteiger partial charge in [0.25, 0.3) is 5.91 Å². The molecule has 3 aromatic carbocycles. The first kappa shape index (κ1) is 15.8. The van der Waals surface area contributed by atoms with Crippen LogP contribution in [0.3, 0.4) is 0 Å². The molecule has 1 unspecified atom stereocenters. The molecule has 0 bridgehead atoms. The number of carbonyl (C=O) groups is 1. The highest BCUT2D eigenvalue weighted by Gasteiger charge is 2.40. The number of benzene rings is 3. The van der Waals surface area contributed by atoms with Gasteiger partial charge >= 0.3 is 0 Å². The van der Waals surface area contributed by atoms with Crippen molar-refractivity contribution in [3.8, 4) is 5.75 Å². The quantitative estimate of drug-likeness (QED) is 0.655. The third-order valence-corrected chi connectivity index (χ3v) is 5.27. The fourth-order valence-electron chi connectivity index (χ4n) is 3.99. The number of hydrogen-bond donors (Lipinski definition) is 0. The topological polar surface area (TPSA) is 41.9 Å². The fourth-order valence-corrected chi connectivity index (χ4v) is 3.99. The maximum atomic E-state index is 13.1. The molecule has 132 valence electrons. The number of aliphatic imine (C=N–C) groups is 1. The number of fused-ring (bicyclic) bond motifs is 5. The second-order valence-corrected chi connectivity index (χ2v) is 6.76. The SMILES string of the molecule is COc1cccc(C2=Nc3ccccc3N3C(=O)c4ccccc4C3C2)c1. The lowest BCUT2D eigenvalue weighted by molar-refractivity contribution is 0.0992. The van der Waals surface area contributed by atoms with Gasteiger partial charge in [0, 0.05) is 12.0 Å². The summed E-state index contributed by atoms with van der Waals surface area (Å²) in [6, 6.07) is 23.6. The number of methoxy groups -OCH3 is 1. The van der Waals surface area contributed by atoms with Crippen molar-refractivity contribution in [1.82, 2.24) is 0 Å². The molecule has 0 spiro atoms. The Kier molecular flexibility index (Phi) is 3.57. The Bertz CT molecular complexity index is 1090. The summed E-state index contributed by atoms with van der Waals surface area (Å²) in [6.45, 7) is 0. The molecule has 0 N–H and O–H groups in total. The molecule has 5 rings (SSSR count). The van der Waals surface area contributed by atoms with Crippen molar-refractivity contribution in [3.05, 3.63) is 89.5 Å². The molecule has 0 fully saturated rings. The number of rotatable bonds is 2. The Morgan fingerprint density at radius 1 is 1.00 bits per heavy atom. The zero-order chi connectivity index (χ0) is 18.4. The van der Waals surface area contributed by atoms with Crippen LogP contribution in [0.2, 0.25) is 0 Å². The van der Waals surface area contributed by atoms with Crippen LogP contribution in [0.25, 0.3) is 0 Å². The third-order valence-electron chi connectivity index (χ3n) is 5.27. The van der Waals surface area contributed by atoms with E-state index in [0.29, 0.717) is 6.42 Å². The number of amides is 1. The zero-order valence-corrected chi connectivity index (χ0v) is 14.9. The average molecular weight is 354 g/mol. The Labute approximate surface area is 157 Å². The van der Waals surface area contributed by atoms with E-state index in [0.717, 1.165) is 39.5 Å². The van der Waals surface area contributed by atoms with Crippen molar-refractivity contribution in [1.29, 1.82) is 0 Å². The second-order valence-electron chi connectivity index (χ2n) is 6.76. The number of hydrogen-bond acceptors (Lipinski definition) is 3. The summed E-state index contributed by atoms with van der Waals surface area (Å²) in [5.74, 6) is 0.845. The van der Waals surface area contributed by atoms with Gasteiger partial charge in [0.15, 0.2) is 0 Å². The smallest absolute Gasteiger partial charge is 0.259 e. The van der Waals surface area contributed by atoms with Crippen LogP contribution in [0.1, 0.15) is 33.9 Å². The van der Waals surface area contributed by atoms with Crippen molar-refractivity contribution in [2.45, 2.75) is 12.5 Å². The molecule has 0 aromatic heterocycles. The molecule has 0 saturated carbocycles.